The molecule has 0 radical (unpaired) electrons. The van der Waals surface area contributed by atoms with Gasteiger partial charge in [-0.15, -0.1) is 0 Å². The molecule has 1 aromatic rings. The van der Waals surface area contributed by atoms with Crippen molar-refractivity contribution in [2.75, 3.05) is 13.7 Å². The molecule has 3 N–H and O–H groups in total. The van der Waals surface area contributed by atoms with E-state index in [0.29, 0.717) is 13.1 Å². The number of primary amides is 1. The zero-order chi connectivity index (χ0) is 12.0. The Hall–Kier alpha value is -1.55. The van der Waals surface area contributed by atoms with Crippen LogP contribution in [0.2, 0.25) is 0 Å². The molecule has 0 heterocycles. The van der Waals surface area contributed by atoms with E-state index in [9.17, 15) is 4.79 Å². The summed E-state index contributed by atoms with van der Waals surface area (Å²) in [5.41, 5.74) is 6.24. The minimum atomic E-state index is -0.285. The number of amides is 1. The van der Waals surface area contributed by atoms with Gasteiger partial charge in [-0.1, -0.05) is 25.1 Å². The summed E-state index contributed by atoms with van der Waals surface area (Å²) in [6.07, 6.45) is 0. The Morgan fingerprint density at radius 2 is 2.19 bits per heavy atom. The maximum Gasteiger partial charge on any atom is 0.221 e. The van der Waals surface area contributed by atoms with E-state index >= 15 is 0 Å². The van der Waals surface area contributed by atoms with Crippen molar-refractivity contribution < 1.29 is 9.53 Å². The number of methoxy groups -OCH3 is 1. The van der Waals surface area contributed by atoms with Crippen molar-refractivity contribution in [1.29, 1.82) is 0 Å². The standard InChI is InChI=1S/C12H18N2O2/c1-9(12(13)15)7-14-8-10-5-3-4-6-11(10)16-2/h3-6,9,14H,7-8H2,1-2H3,(H2,13,15). The van der Waals surface area contributed by atoms with Gasteiger partial charge in [0.15, 0.2) is 0 Å². The second kappa shape index (κ2) is 6.12. The zero-order valence-electron chi connectivity index (χ0n) is 9.69. The van der Waals surface area contributed by atoms with Gasteiger partial charge >= 0.3 is 0 Å². The summed E-state index contributed by atoms with van der Waals surface area (Å²) >= 11 is 0. The van der Waals surface area contributed by atoms with Gasteiger partial charge in [-0.3, -0.25) is 4.79 Å². The molecule has 1 aromatic carbocycles. The summed E-state index contributed by atoms with van der Waals surface area (Å²) in [7, 11) is 1.64. The van der Waals surface area contributed by atoms with E-state index in [0.717, 1.165) is 11.3 Å². The molecule has 0 fully saturated rings. The summed E-state index contributed by atoms with van der Waals surface area (Å²) in [5, 5.41) is 3.18. The summed E-state index contributed by atoms with van der Waals surface area (Å²) in [6, 6.07) is 7.78. The molecule has 1 atom stereocenters. The van der Waals surface area contributed by atoms with E-state index in [1.165, 1.54) is 0 Å². The lowest BCUT2D eigenvalue weighted by molar-refractivity contribution is -0.121. The van der Waals surface area contributed by atoms with Gasteiger partial charge in [0.05, 0.1) is 7.11 Å². The first-order valence-corrected chi connectivity index (χ1v) is 5.27. The molecule has 88 valence electrons. The number of para-hydroxylation sites is 1. The van der Waals surface area contributed by atoms with Crippen LogP contribution < -0.4 is 15.8 Å². The molecule has 1 unspecified atom stereocenters. The molecule has 0 saturated heterocycles. The lowest BCUT2D eigenvalue weighted by Crippen LogP contribution is -2.30. The Kier molecular flexibility index (Phi) is 4.79. The number of rotatable bonds is 6. The Bertz CT molecular complexity index is 353. The monoisotopic (exact) mass is 222 g/mol. The first-order valence-electron chi connectivity index (χ1n) is 5.27. The van der Waals surface area contributed by atoms with Crippen LogP contribution in [-0.4, -0.2) is 19.6 Å². The van der Waals surface area contributed by atoms with E-state index in [4.69, 9.17) is 10.5 Å². The first kappa shape index (κ1) is 12.5. The topological polar surface area (TPSA) is 64.3 Å². The van der Waals surface area contributed by atoms with E-state index in [1.807, 2.05) is 24.3 Å². The van der Waals surface area contributed by atoms with E-state index in [1.54, 1.807) is 14.0 Å². The van der Waals surface area contributed by atoms with Crippen molar-refractivity contribution in [3.8, 4) is 5.75 Å². The molecule has 16 heavy (non-hydrogen) atoms. The fourth-order valence-electron chi connectivity index (χ4n) is 1.37. The van der Waals surface area contributed by atoms with Crippen LogP contribution in [0.25, 0.3) is 0 Å². The number of hydrogen-bond acceptors (Lipinski definition) is 3. The van der Waals surface area contributed by atoms with Crippen molar-refractivity contribution in [3.63, 3.8) is 0 Å². The Morgan fingerprint density at radius 3 is 2.81 bits per heavy atom. The van der Waals surface area contributed by atoms with Crippen molar-refractivity contribution in [1.82, 2.24) is 5.32 Å². The summed E-state index contributed by atoms with van der Waals surface area (Å²) in [6.45, 7) is 3.05. The quantitative estimate of drug-likeness (QED) is 0.751. The van der Waals surface area contributed by atoms with Crippen LogP contribution in [0.5, 0.6) is 5.75 Å². The van der Waals surface area contributed by atoms with Gasteiger partial charge in [-0.05, 0) is 6.07 Å². The molecule has 0 aliphatic rings. The summed E-state index contributed by atoms with van der Waals surface area (Å²) in [5.74, 6) is 0.406. The number of ether oxygens (including phenoxy) is 1. The van der Waals surface area contributed by atoms with Crippen molar-refractivity contribution >= 4 is 5.91 Å². The van der Waals surface area contributed by atoms with Crippen LogP contribution in [0.4, 0.5) is 0 Å². The average Bonchev–Trinajstić information content (AvgIpc) is 2.29. The molecule has 1 amide bonds. The molecule has 1 rings (SSSR count). The third-order valence-electron chi connectivity index (χ3n) is 2.44. The van der Waals surface area contributed by atoms with E-state index in [2.05, 4.69) is 5.32 Å². The van der Waals surface area contributed by atoms with Crippen LogP contribution >= 0.6 is 0 Å². The number of nitrogens with one attached hydrogen (secondary N) is 1. The van der Waals surface area contributed by atoms with E-state index in [-0.39, 0.29) is 11.8 Å². The Morgan fingerprint density at radius 1 is 1.50 bits per heavy atom. The zero-order valence-corrected chi connectivity index (χ0v) is 9.69. The maximum absolute atomic E-state index is 10.8. The molecule has 0 bridgehead atoms. The fraction of sp³-hybridized carbons (Fsp3) is 0.417. The molecule has 4 nitrogen and oxygen atoms in total. The minimum absolute atomic E-state index is 0.158. The highest BCUT2D eigenvalue weighted by Crippen LogP contribution is 2.16. The summed E-state index contributed by atoms with van der Waals surface area (Å²) in [4.78, 5) is 10.8. The highest BCUT2D eigenvalue weighted by atomic mass is 16.5. The second-order valence-electron chi connectivity index (χ2n) is 3.75. The summed E-state index contributed by atoms with van der Waals surface area (Å²) < 4.78 is 5.22. The third-order valence-corrected chi connectivity index (χ3v) is 2.44. The average molecular weight is 222 g/mol. The molecule has 0 spiro atoms. The number of carbonyl (C=O) groups is 1. The van der Waals surface area contributed by atoms with Crippen LogP contribution in [0.1, 0.15) is 12.5 Å². The number of nitrogens with two attached hydrogens (primary N) is 1. The van der Waals surface area contributed by atoms with Gasteiger partial charge in [0, 0.05) is 24.6 Å². The number of hydrogen-bond donors (Lipinski definition) is 2. The number of carbonyl (C=O) groups excluding carboxylic acids is 1. The van der Waals surface area contributed by atoms with Gasteiger partial charge in [0.25, 0.3) is 0 Å². The maximum atomic E-state index is 10.8. The molecule has 4 heteroatoms. The lowest BCUT2D eigenvalue weighted by atomic mass is 10.1. The molecular weight excluding hydrogens is 204 g/mol. The Balaban J connectivity index is 2.45. The lowest BCUT2D eigenvalue weighted by Gasteiger charge is -2.11. The van der Waals surface area contributed by atoms with Gasteiger partial charge in [0.2, 0.25) is 5.91 Å². The van der Waals surface area contributed by atoms with Gasteiger partial charge in [-0.25, -0.2) is 0 Å². The van der Waals surface area contributed by atoms with Crippen molar-refractivity contribution in [2.45, 2.75) is 13.5 Å². The molecule has 0 aromatic heterocycles. The normalized spacial score (nSPS) is 12.1. The van der Waals surface area contributed by atoms with Gasteiger partial charge < -0.3 is 15.8 Å². The largest absolute Gasteiger partial charge is 0.496 e. The predicted molar refractivity (Wildman–Crippen MR) is 63.1 cm³/mol. The smallest absolute Gasteiger partial charge is 0.221 e. The molecule has 0 aliphatic heterocycles. The first-order chi connectivity index (χ1) is 7.65. The second-order valence-corrected chi connectivity index (χ2v) is 3.75. The van der Waals surface area contributed by atoms with Gasteiger partial charge in [0.1, 0.15) is 5.75 Å². The number of benzene rings is 1. The molecule has 0 aliphatic carbocycles. The van der Waals surface area contributed by atoms with Crippen molar-refractivity contribution in [3.05, 3.63) is 29.8 Å². The molecule has 0 saturated carbocycles. The highest BCUT2D eigenvalue weighted by molar-refractivity contribution is 5.76. The SMILES string of the molecule is COc1ccccc1CNCC(C)C(N)=O. The third kappa shape index (κ3) is 3.55. The van der Waals surface area contributed by atoms with Crippen LogP contribution in [0.15, 0.2) is 24.3 Å². The van der Waals surface area contributed by atoms with Gasteiger partial charge in [-0.2, -0.15) is 0 Å². The minimum Gasteiger partial charge on any atom is -0.496 e. The van der Waals surface area contributed by atoms with Crippen molar-refractivity contribution in [2.24, 2.45) is 11.7 Å². The predicted octanol–water partition coefficient (Wildman–Crippen LogP) is 0.906. The fourth-order valence-corrected chi connectivity index (χ4v) is 1.37. The Labute approximate surface area is 95.8 Å². The van der Waals surface area contributed by atoms with Crippen LogP contribution in [0.3, 0.4) is 0 Å². The molecular formula is C12H18N2O2. The van der Waals surface area contributed by atoms with E-state index < -0.39 is 0 Å². The van der Waals surface area contributed by atoms with Crippen LogP contribution in [-0.2, 0) is 11.3 Å². The highest BCUT2D eigenvalue weighted by Gasteiger charge is 2.08. The van der Waals surface area contributed by atoms with Crippen LogP contribution in [0, 0.1) is 5.92 Å².